The number of nitrogens with zero attached hydrogens (tertiary/aromatic N) is 2. The first kappa shape index (κ1) is 46.3. The average molecular weight is 949 g/mol. The average Bonchev–Trinajstić information content (AvgIpc) is 3.97. The van der Waals surface area contributed by atoms with Crippen molar-refractivity contribution in [1.82, 2.24) is 18.6 Å². The van der Waals surface area contributed by atoms with Crippen molar-refractivity contribution in [3.8, 4) is 22.3 Å². The van der Waals surface area contributed by atoms with Crippen LogP contribution in [0.25, 0.3) is 44.1 Å². The third-order valence-electron chi connectivity index (χ3n) is 13.0. The number of aromatic nitrogens is 2. The van der Waals surface area contributed by atoms with E-state index in [1.54, 1.807) is 24.5 Å². The van der Waals surface area contributed by atoms with Gasteiger partial charge in [0.2, 0.25) is 0 Å². The lowest BCUT2D eigenvalue weighted by molar-refractivity contribution is 0.0715. The molecule has 4 N–H and O–H groups in total. The van der Waals surface area contributed by atoms with Gasteiger partial charge in [-0.3, -0.25) is 9.59 Å². The fraction of sp³-hybridized carbons (Fsp3) is 0.222. The van der Waals surface area contributed by atoms with Gasteiger partial charge in [0.25, 0.3) is 31.9 Å². The zero-order valence-electron chi connectivity index (χ0n) is 37.2. The molecule has 6 aromatic carbocycles. The standard InChI is InChI=1S/2C27H26N2O4S/c2*30-26-13-7-5-11-24(26)28-27(31)20-14-16-21(17-15-20)34(32,33)29-18-23(19-8-2-1-3-9-19)22-10-4-6-12-25(22)29/h2*1-4,6,8-10,12,14-18,24,26,30H,5,7,11,13H2,(H,28,31)/t2*24-,26+/m10/s1. The Kier molecular flexibility index (Phi) is 13.5. The van der Waals surface area contributed by atoms with Crippen LogP contribution in [-0.2, 0) is 20.0 Å². The van der Waals surface area contributed by atoms with Gasteiger partial charge in [-0.15, -0.1) is 0 Å². The van der Waals surface area contributed by atoms with Crippen LogP contribution in [-0.4, -0.2) is 71.1 Å². The summed E-state index contributed by atoms with van der Waals surface area (Å²) in [6.45, 7) is 0. The minimum Gasteiger partial charge on any atom is -0.391 e. The zero-order valence-corrected chi connectivity index (χ0v) is 38.8. The number of amides is 2. The Labute approximate surface area is 396 Å². The van der Waals surface area contributed by atoms with Gasteiger partial charge in [-0.2, -0.15) is 0 Å². The molecule has 12 nitrogen and oxygen atoms in total. The highest BCUT2D eigenvalue weighted by Gasteiger charge is 2.28. The summed E-state index contributed by atoms with van der Waals surface area (Å²) in [4.78, 5) is 25.5. The van der Waals surface area contributed by atoms with Gasteiger partial charge in [0.1, 0.15) is 0 Å². The van der Waals surface area contributed by atoms with Crippen LogP contribution in [0.5, 0.6) is 0 Å². The number of fused-ring (bicyclic) bond motifs is 2. The van der Waals surface area contributed by atoms with Gasteiger partial charge < -0.3 is 20.8 Å². The lowest BCUT2D eigenvalue weighted by Crippen LogP contribution is -2.45. The van der Waals surface area contributed by atoms with Gasteiger partial charge in [-0.1, -0.05) is 123 Å². The number of aliphatic hydroxyl groups is 2. The van der Waals surface area contributed by atoms with Crippen LogP contribution in [0.3, 0.4) is 0 Å². The maximum absolute atomic E-state index is 13.6. The summed E-state index contributed by atoms with van der Waals surface area (Å²) in [5.74, 6) is -0.625. The molecule has 0 unspecified atom stereocenters. The van der Waals surface area contributed by atoms with Crippen LogP contribution in [0.2, 0.25) is 0 Å². The number of hydrogen-bond acceptors (Lipinski definition) is 8. The lowest BCUT2D eigenvalue weighted by Gasteiger charge is -2.28. The fourth-order valence-electron chi connectivity index (χ4n) is 9.24. The lowest BCUT2D eigenvalue weighted by atomic mass is 9.92. The van der Waals surface area contributed by atoms with E-state index in [0.717, 1.165) is 71.6 Å². The fourth-order valence-corrected chi connectivity index (χ4v) is 12.0. The Morgan fingerprint density at radius 2 is 0.779 bits per heavy atom. The largest absolute Gasteiger partial charge is 0.391 e. The zero-order chi connectivity index (χ0) is 47.4. The number of carbonyl (C=O) groups is 2. The molecule has 2 aliphatic rings. The Morgan fingerprint density at radius 1 is 0.441 bits per heavy atom. The third kappa shape index (κ3) is 9.50. The van der Waals surface area contributed by atoms with E-state index < -0.39 is 32.3 Å². The summed E-state index contributed by atoms with van der Waals surface area (Å²) < 4.78 is 56.9. The summed E-state index contributed by atoms with van der Waals surface area (Å²) in [7, 11) is -7.77. The van der Waals surface area contributed by atoms with Gasteiger partial charge in [0, 0.05) is 45.4 Å². The molecule has 14 heteroatoms. The van der Waals surface area contributed by atoms with E-state index in [1.807, 2.05) is 97.1 Å². The maximum Gasteiger partial charge on any atom is 0.268 e. The van der Waals surface area contributed by atoms with Crippen molar-refractivity contribution in [2.24, 2.45) is 0 Å². The minimum atomic E-state index is -3.89. The molecule has 10 rings (SSSR count). The van der Waals surface area contributed by atoms with Crippen molar-refractivity contribution >= 4 is 53.7 Å². The third-order valence-corrected chi connectivity index (χ3v) is 16.3. The van der Waals surface area contributed by atoms with E-state index in [9.17, 15) is 36.6 Å². The number of para-hydroxylation sites is 2. The van der Waals surface area contributed by atoms with Crippen LogP contribution in [0.15, 0.2) is 180 Å². The summed E-state index contributed by atoms with van der Waals surface area (Å²) in [6, 6.07) is 45.5. The van der Waals surface area contributed by atoms with Gasteiger partial charge in [-0.05, 0) is 97.5 Å². The Hall–Kier alpha value is -6.84. The SMILES string of the molecule is O=C(N[C@@H]1CCCC[C@@H]1O)c1ccc(S(=O)(=O)n2cc(-c3ccccc3)c3ccccc32)cc1.O=C(N[C@H]1CCCC[C@H]1O)c1ccc(S(=O)(=O)n2cc(-c3ccccc3)c3ccccc32)cc1. The van der Waals surface area contributed by atoms with Gasteiger partial charge in [-0.25, -0.2) is 24.8 Å². The van der Waals surface area contributed by atoms with Crippen molar-refractivity contribution in [3.05, 3.63) is 181 Å². The summed E-state index contributed by atoms with van der Waals surface area (Å²) in [5.41, 5.74) is 5.44. The second-order valence-corrected chi connectivity index (χ2v) is 21.0. The molecule has 2 aromatic heterocycles. The number of benzene rings is 6. The molecule has 68 heavy (non-hydrogen) atoms. The molecule has 4 atom stereocenters. The van der Waals surface area contributed by atoms with Crippen molar-refractivity contribution in [3.63, 3.8) is 0 Å². The molecule has 8 aromatic rings. The number of nitrogens with one attached hydrogen (secondary N) is 2. The number of carbonyl (C=O) groups excluding carboxylic acids is 2. The number of aliphatic hydroxyl groups excluding tert-OH is 2. The van der Waals surface area contributed by atoms with Crippen molar-refractivity contribution < 1.29 is 36.6 Å². The van der Waals surface area contributed by atoms with Gasteiger partial charge >= 0.3 is 0 Å². The Bertz CT molecular complexity index is 3080. The van der Waals surface area contributed by atoms with E-state index in [4.69, 9.17) is 0 Å². The predicted molar refractivity (Wildman–Crippen MR) is 264 cm³/mol. The molecule has 0 radical (unpaired) electrons. The summed E-state index contributed by atoms with van der Waals surface area (Å²) in [6.07, 6.45) is 8.91. The smallest absolute Gasteiger partial charge is 0.268 e. The van der Waals surface area contributed by atoms with Crippen LogP contribution in [0, 0.1) is 0 Å². The summed E-state index contributed by atoms with van der Waals surface area (Å²) >= 11 is 0. The number of rotatable bonds is 10. The first-order valence-electron chi connectivity index (χ1n) is 22.9. The normalized spacial score (nSPS) is 18.6. The highest BCUT2D eigenvalue weighted by atomic mass is 32.2. The van der Waals surface area contributed by atoms with Gasteiger partial charge in [0.05, 0.1) is 45.1 Å². The first-order valence-corrected chi connectivity index (χ1v) is 25.8. The van der Waals surface area contributed by atoms with Crippen LogP contribution < -0.4 is 10.6 Å². The van der Waals surface area contributed by atoms with E-state index in [0.29, 0.717) is 35.0 Å². The van der Waals surface area contributed by atoms with E-state index >= 15 is 0 Å². The van der Waals surface area contributed by atoms with Crippen molar-refractivity contribution in [2.75, 3.05) is 0 Å². The molecule has 2 heterocycles. The molecule has 0 saturated heterocycles. The Balaban J connectivity index is 0.000000170. The second-order valence-electron chi connectivity index (χ2n) is 17.4. The second kappa shape index (κ2) is 19.8. The highest BCUT2D eigenvalue weighted by Crippen LogP contribution is 2.35. The van der Waals surface area contributed by atoms with Crippen molar-refractivity contribution in [2.45, 2.75) is 85.4 Å². The predicted octanol–water partition coefficient (Wildman–Crippen LogP) is 9.16. The van der Waals surface area contributed by atoms with Crippen LogP contribution >= 0.6 is 0 Å². The highest BCUT2D eigenvalue weighted by molar-refractivity contribution is 7.90. The molecule has 0 bridgehead atoms. The minimum absolute atomic E-state index is 0.0992. The molecule has 2 saturated carbocycles. The topological polar surface area (TPSA) is 177 Å². The first-order chi connectivity index (χ1) is 32.9. The molecular weight excluding hydrogens is 897 g/mol. The van der Waals surface area contributed by atoms with Crippen LogP contribution in [0.4, 0.5) is 0 Å². The molecule has 2 amide bonds. The molecular formula is C54H52N4O8S2. The van der Waals surface area contributed by atoms with Crippen LogP contribution in [0.1, 0.15) is 72.1 Å². The number of hydrogen-bond donors (Lipinski definition) is 4. The molecule has 0 aliphatic heterocycles. The molecule has 0 spiro atoms. The molecule has 348 valence electrons. The Morgan fingerprint density at radius 3 is 1.15 bits per heavy atom. The molecule has 2 aliphatic carbocycles. The van der Waals surface area contributed by atoms with E-state index in [-0.39, 0.29) is 33.7 Å². The van der Waals surface area contributed by atoms with E-state index in [2.05, 4.69) is 10.6 Å². The van der Waals surface area contributed by atoms with E-state index in [1.165, 1.54) is 56.5 Å². The summed E-state index contributed by atoms with van der Waals surface area (Å²) in [5, 5.41) is 27.7. The van der Waals surface area contributed by atoms with Gasteiger partial charge in [0.15, 0.2) is 0 Å². The quantitative estimate of drug-likeness (QED) is 0.105. The maximum atomic E-state index is 13.6. The monoisotopic (exact) mass is 948 g/mol. The van der Waals surface area contributed by atoms with Crippen molar-refractivity contribution in [1.29, 1.82) is 0 Å². The molecule has 2 fully saturated rings.